The van der Waals surface area contributed by atoms with Crippen LogP contribution in [0.3, 0.4) is 0 Å². The maximum atomic E-state index is 12.2. The molecule has 0 aliphatic carbocycles. The lowest BCUT2D eigenvalue weighted by Crippen LogP contribution is -2.40. The Morgan fingerprint density at radius 2 is 1.90 bits per heavy atom. The molecule has 9 heteroatoms. The van der Waals surface area contributed by atoms with E-state index in [1.807, 2.05) is 4.72 Å². The van der Waals surface area contributed by atoms with Gasteiger partial charge in [-0.05, 0) is 37.5 Å². The third-order valence-corrected chi connectivity index (χ3v) is 4.57. The lowest BCUT2D eigenvalue weighted by Gasteiger charge is -2.14. The molecule has 8 nitrogen and oxygen atoms in total. The number of aliphatic carboxylic acids is 1. The second-order valence-corrected chi connectivity index (χ2v) is 6.26. The van der Waals surface area contributed by atoms with E-state index in [4.69, 9.17) is 5.11 Å². The van der Waals surface area contributed by atoms with E-state index < -0.39 is 37.5 Å². The maximum absolute atomic E-state index is 12.2. The van der Waals surface area contributed by atoms with Gasteiger partial charge >= 0.3 is 5.97 Å². The lowest BCUT2D eigenvalue weighted by molar-refractivity contribution is -0.387. The minimum Gasteiger partial charge on any atom is -0.480 e. The molecule has 2 N–H and O–H groups in total. The highest BCUT2D eigenvalue weighted by atomic mass is 32.2. The van der Waals surface area contributed by atoms with Crippen LogP contribution in [0.4, 0.5) is 5.69 Å². The topological polar surface area (TPSA) is 127 Å². The van der Waals surface area contributed by atoms with Gasteiger partial charge in [-0.3, -0.25) is 14.9 Å². The zero-order valence-electron chi connectivity index (χ0n) is 11.8. The summed E-state index contributed by atoms with van der Waals surface area (Å²) in [4.78, 5) is 20.6. The summed E-state index contributed by atoms with van der Waals surface area (Å²) in [7, 11) is -4.30. The van der Waals surface area contributed by atoms with Crippen molar-refractivity contribution in [3.8, 4) is 0 Å². The van der Waals surface area contributed by atoms with Crippen molar-refractivity contribution in [3.05, 3.63) is 33.4 Å². The molecular formula is C12H16N2O6S. The molecule has 0 bridgehead atoms. The molecule has 1 atom stereocenters. The van der Waals surface area contributed by atoms with E-state index in [1.54, 1.807) is 13.8 Å². The smallest absolute Gasteiger partial charge is 0.321 e. The minimum atomic E-state index is -4.30. The fraction of sp³-hybridized carbons (Fsp3) is 0.417. The van der Waals surface area contributed by atoms with Crippen molar-refractivity contribution in [1.82, 2.24) is 4.72 Å². The average molecular weight is 316 g/mol. The van der Waals surface area contributed by atoms with Crippen LogP contribution in [0.15, 0.2) is 17.0 Å². The normalized spacial score (nSPS) is 12.9. The van der Waals surface area contributed by atoms with Crippen molar-refractivity contribution in [1.29, 1.82) is 0 Å². The Balaban J connectivity index is 3.40. The summed E-state index contributed by atoms with van der Waals surface area (Å²) < 4.78 is 26.4. The molecule has 1 unspecified atom stereocenters. The van der Waals surface area contributed by atoms with Gasteiger partial charge in [0, 0.05) is 6.07 Å². The van der Waals surface area contributed by atoms with Gasteiger partial charge in [0.05, 0.1) is 4.92 Å². The summed E-state index contributed by atoms with van der Waals surface area (Å²) in [6, 6.07) is 0.993. The number of benzene rings is 1. The number of carboxylic acids is 1. The van der Waals surface area contributed by atoms with E-state index in [1.165, 1.54) is 13.0 Å². The first kappa shape index (κ1) is 17.1. The number of rotatable bonds is 6. The van der Waals surface area contributed by atoms with E-state index >= 15 is 0 Å². The van der Waals surface area contributed by atoms with E-state index in [2.05, 4.69) is 0 Å². The van der Waals surface area contributed by atoms with Crippen molar-refractivity contribution in [2.45, 2.75) is 38.1 Å². The Hall–Kier alpha value is -2.00. The summed E-state index contributed by atoms with van der Waals surface area (Å²) >= 11 is 0. The van der Waals surface area contributed by atoms with Crippen molar-refractivity contribution in [2.24, 2.45) is 0 Å². The van der Waals surface area contributed by atoms with Gasteiger partial charge in [-0.25, -0.2) is 8.42 Å². The number of nitrogens with one attached hydrogen (secondary N) is 1. The molecule has 0 aliphatic rings. The highest BCUT2D eigenvalue weighted by molar-refractivity contribution is 7.89. The van der Waals surface area contributed by atoms with Crippen molar-refractivity contribution < 1.29 is 23.2 Å². The number of aryl methyl sites for hydroxylation is 2. The average Bonchev–Trinajstić information content (AvgIpc) is 2.37. The van der Waals surface area contributed by atoms with Gasteiger partial charge in [0.15, 0.2) is 4.90 Å². The molecular weight excluding hydrogens is 300 g/mol. The van der Waals surface area contributed by atoms with Gasteiger partial charge in [-0.2, -0.15) is 4.72 Å². The van der Waals surface area contributed by atoms with Crippen molar-refractivity contribution >= 4 is 21.7 Å². The standard InChI is InChI=1S/C12H16N2O6S/c1-4-9(12(15)16)13-21(19,20)11-6-8(3)7(2)5-10(11)14(17)18/h5-6,9,13H,4H2,1-3H3,(H,15,16). The molecule has 0 aliphatic heterocycles. The van der Waals surface area contributed by atoms with Crippen LogP contribution in [-0.4, -0.2) is 30.5 Å². The van der Waals surface area contributed by atoms with Crippen LogP contribution in [-0.2, 0) is 14.8 Å². The largest absolute Gasteiger partial charge is 0.480 e. The molecule has 0 amide bonds. The predicted molar refractivity (Wildman–Crippen MR) is 74.6 cm³/mol. The number of sulfonamides is 1. The van der Waals surface area contributed by atoms with Gasteiger partial charge in [-0.15, -0.1) is 0 Å². The molecule has 0 aromatic heterocycles. The molecule has 0 heterocycles. The Kier molecular flexibility index (Phi) is 5.02. The fourth-order valence-corrected chi connectivity index (χ4v) is 3.20. The van der Waals surface area contributed by atoms with E-state index in [0.29, 0.717) is 11.1 Å². The number of hydrogen-bond acceptors (Lipinski definition) is 5. The van der Waals surface area contributed by atoms with E-state index in [9.17, 15) is 23.3 Å². The van der Waals surface area contributed by atoms with Gasteiger partial charge < -0.3 is 5.11 Å². The van der Waals surface area contributed by atoms with Crippen molar-refractivity contribution in [2.75, 3.05) is 0 Å². The predicted octanol–water partition coefficient (Wildman–Crippen LogP) is 1.35. The Morgan fingerprint density at radius 3 is 2.33 bits per heavy atom. The van der Waals surface area contributed by atoms with Crippen LogP contribution >= 0.6 is 0 Å². The first-order chi connectivity index (χ1) is 9.60. The Labute approximate surface area is 122 Å². The highest BCUT2D eigenvalue weighted by Gasteiger charge is 2.30. The molecule has 0 fully saturated rings. The zero-order chi connectivity index (χ0) is 16.4. The fourth-order valence-electron chi connectivity index (χ4n) is 1.69. The second kappa shape index (κ2) is 6.19. The number of nitro benzene ring substituents is 1. The van der Waals surface area contributed by atoms with Gasteiger partial charge in [0.1, 0.15) is 6.04 Å². The third kappa shape index (κ3) is 3.76. The molecule has 1 aromatic carbocycles. The van der Waals surface area contributed by atoms with Gasteiger partial charge in [0.2, 0.25) is 10.0 Å². The molecule has 1 aromatic rings. The van der Waals surface area contributed by atoms with Crippen LogP contribution in [0.25, 0.3) is 0 Å². The van der Waals surface area contributed by atoms with Crippen LogP contribution in [0.5, 0.6) is 0 Å². The summed E-state index contributed by atoms with van der Waals surface area (Å²) in [5, 5.41) is 19.9. The SMILES string of the molecule is CCC(NS(=O)(=O)c1cc(C)c(C)cc1[N+](=O)[O-])C(=O)O. The Morgan fingerprint density at radius 1 is 1.38 bits per heavy atom. The number of nitro groups is 1. The van der Waals surface area contributed by atoms with E-state index in [0.717, 1.165) is 6.07 Å². The second-order valence-electron chi connectivity index (χ2n) is 4.58. The number of hydrogen-bond donors (Lipinski definition) is 2. The summed E-state index contributed by atoms with van der Waals surface area (Å²) in [6.45, 7) is 4.74. The molecule has 0 saturated heterocycles. The van der Waals surface area contributed by atoms with Crippen LogP contribution < -0.4 is 4.72 Å². The Bertz CT molecular complexity index is 683. The van der Waals surface area contributed by atoms with Crippen LogP contribution in [0.2, 0.25) is 0 Å². The summed E-state index contributed by atoms with van der Waals surface area (Å²) in [5.41, 5.74) is 0.557. The van der Waals surface area contributed by atoms with Gasteiger partial charge in [0.25, 0.3) is 5.69 Å². The highest BCUT2D eigenvalue weighted by Crippen LogP contribution is 2.27. The number of nitrogens with zero attached hydrogens (tertiary/aromatic N) is 1. The van der Waals surface area contributed by atoms with Crippen molar-refractivity contribution in [3.63, 3.8) is 0 Å². The van der Waals surface area contributed by atoms with E-state index in [-0.39, 0.29) is 6.42 Å². The molecule has 116 valence electrons. The molecule has 1 rings (SSSR count). The maximum Gasteiger partial charge on any atom is 0.321 e. The molecule has 0 spiro atoms. The first-order valence-electron chi connectivity index (χ1n) is 6.11. The van der Waals surface area contributed by atoms with Gasteiger partial charge in [-0.1, -0.05) is 6.92 Å². The number of carboxylic acid groups (broad SMARTS) is 1. The lowest BCUT2D eigenvalue weighted by atomic mass is 10.1. The minimum absolute atomic E-state index is 0.0210. The monoisotopic (exact) mass is 316 g/mol. The van der Waals surface area contributed by atoms with Crippen LogP contribution in [0, 0.1) is 24.0 Å². The number of carbonyl (C=O) groups is 1. The third-order valence-electron chi connectivity index (χ3n) is 3.07. The molecule has 21 heavy (non-hydrogen) atoms. The quantitative estimate of drug-likeness (QED) is 0.602. The van der Waals surface area contributed by atoms with Crippen LogP contribution in [0.1, 0.15) is 24.5 Å². The first-order valence-corrected chi connectivity index (χ1v) is 7.59. The zero-order valence-corrected chi connectivity index (χ0v) is 12.6. The molecule has 0 radical (unpaired) electrons. The summed E-state index contributed by atoms with van der Waals surface area (Å²) in [6.07, 6.45) is 0.0210. The summed E-state index contributed by atoms with van der Waals surface area (Å²) in [5.74, 6) is -1.34. The molecule has 0 saturated carbocycles.